The third-order valence-corrected chi connectivity index (χ3v) is 3.21. The zero-order valence-electron chi connectivity index (χ0n) is 8.42. The highest BCUT2D eigenvalue weighted by atomic mass is 35.5. The maximum atomic E-state index is 12.8. The minimum Gasteiger partial charge on any atom is -0.305 e. The van der Waals surface area contributed by atoms with Crippen molar-refractivity contribution in [1.29, 1.82) is 0 Å². The molecule has 1 saturated heterocycles. The Bertz CT molecular complexity index is 424. The van der Waals surface area contributed by atoms with E-state index in [9.17, 15) is 9.18 Å². The van der Waals surface area contributed by atoms with E-state index in [-0.39, 0.29) is 5.91 Å². The van der Waals surface area contributed by atoms with Crippen LogP contribution in [0.15, 0.2) is 18.2 Å². The van der Waals surface area contributed by atoms with E-state index in [1.807, 2.05) is 0 Å². The van der Waals surface area contributed by atoms with Crippen LogP contribution in [0.1, 0.15) is 12.8 Å². The summed E-state index contributed by atoms with van der Waals surface area (Å²) < 4.78 is 12.8. The molecule has 16 heavy (non-hydrogen) atoms. The lowest BCUT2D eigenvalue weighted by Crippen LogP contribution is -2.34. The number of nitrogens with zero attached hydrogens (tertiary/aromatic N) is 1. The Morgan fingerprint density at radius 3 is 2.81 bits per heavy atom. The van der Waals surface area contributed by atoms with Crippen LogP contribution in [0.25, 0.3) is 0 Å². The predicted octanol–water partition coefficient (Wildman–Crippen LogP) is 3.46. The highest BCUT2D eigenvalue weighted by molar-refractivity contribution is 6.36. The van der Waals surface area contributed by atoms with Crippen molar-refractivity contribution in [3.05, 3.63) is 28.2 Å². The second-order valence-electron chi connectivity index (χ2n) is 3.71. The zero-order chi connectivity index (χ0) is 11.7. The van der Waals surface area contributed by atoms with Gasteiger partial charge >= 0.3 is 0 Å². The van der Waals surface area contributed by atoms with Crippen molar-refractivity contribution in [2.75, 3.05) is 11.6 Å². The number of rotatable bonds is 2. The van der Waals surface area contributed by atoms with Gasteiger partial charge < -0.3 is 4.90 Å². The fraction of sp³-hybridized carbons (Fsp3) is 0.364. The first-order chi connectivity index (χ1) is 7.63. The molecular formula is C11H10Cl2FNO. The molecule has 1 fully saturated rings. The lowest BCUT2D eigenvalue weighted by atomic mass is 10.2. The summed E-state index contributed by atoms with van der Waals surface area (Å²) in [5, 5.41) is 0.874. The summed E-state index contributed by atoms with van der Waals surface area (Å²) in [4.78, 5) is 13.1. The number of hydrogen-bond acceptors (Lipinski definition) is 1. The summed E-state index contributed by atoms with van der Waals surface area (Å²) in [5.41, 5.74) is 0.538. The van der Waals surface area contributed by atoms with Crippen molar-refractivity contribution in [1.82, 2.24) is 0 Å². The summed E-state index contributed by atoms with van der Waals surface area (Å²) >= 11 is 11.8. The zero-order valence-corrected chi connectivity index (χ0v) is 9.93. The third kappa shape index (κ3) is 2.02. The molecule has 0 saturated carbocycles. The highest BCUT2D eigenvalue weighted by Crippen LogP contribution is 2.34. The first-order valence-corrected chi connectivity index (χ1v) is 5.72. The minimum absolute atomic E-state index is 0.0909. The fourth-order valence-corrected chi connectivity index (χ4v) is 2.40. The molecule has 86 valence electrons. The molecule has 2 nitrogen and oxygen atoms in total. The van der Waals surface area contributed by atoms with Gasteiger partial charge in [-0.3, -0.25) is 4.79 Å². The van der Waals surface area contributed by atoms with Gasteiger partial charge in [-0.15, -0.1) is 0 Å². The van der Waals surface area contributed by atoms with Gasteiger partial charge in [0.25, 0.3) is 0 Å². The largest absolute Gasteiger partial charge is 0.305 e. The molecule has 1 aliphatic heterocycles. The van der Waals surface area contributed by atoms with Crippen molar-refractivity contribution in [2.45, 2.75) is 18.9 Å². The van der Waals surface area contributed by atoms with Gasteiger partial charge in [-0.25, -0.2) is 4.39 Å². The Kier molecular flexibility index (Phi) is 3.36. The molecule has 0 aromatic heterocycles. The van der Waals surface area contributed by atoms with Crippen molar-refractivity contribution < 1.29 is 9.18 Å². The number of carbonyl (C=O) groups excluding carboxylic acids is 1. The van der Waals surface area contributed by atoms with Gasteiger partial charge in [-0.2, -0.15) is 0 Å². The first kappa shape index (κ1) is 11.7. The third-order valence-electron chi connectivity index (χ3n) is 2.67. The van der Waals surface area contributed by atoms with E-state index in [0.29, 0.717) is 28.6 Å². The summed E-state index contributed by atoms with van der Waals surface area (Å²) in [7, 11) is 0. The average Bonchev–Trinajstić information content (AvgIpc) is 2.60. The van der Waals surface area contributed by atoms with Gasteiger partial charge in [0.15, 0.2) is 0 Å². The Morgan fingerprint density at radius 2 is 2.19 bits per heavy atom. The minimum atomic E-state index is -0.551. The maximum Gasteiger partial charge on any atom is 0.227 e. The van der Waals surface area contributed by atoms with Crippen molar-refractivity contribution in [3.8, 4) is 0 Å². The van der Waals surface area contributed by atoms with E-state index in [4.69, 9.17) is 23.2 Å². The lowest BCUT2D eigenvalue weighted by Gasteiger charge is -2.23. The summed E-state index contributed by atoms with van der Waals surface area (Å²) in [6.07, 6.45) is 0.905. The molecule has 0 aliphatic carbocycles. The van der Waals surface area contributed by atoms with Crippen LogP contribution in [0.4, 0.5) is 10.1 Å². The Morgan fingerprint density at radius 1 is 1.44 bits per heavy atom. The Labute approximate surface area is 103 Å². The first-order valence-electron chi connectivity index (χ1n) is 4.96. The van der Waals surface area contributed by atoms with Gasteiger partial charge in [0.05, 0.1) is 16.8 Å². The highest BCUT2D eigenvalue weighted by Gasteiger charge is 2.33. The number of carbonyl (C=O) groups is 1. The van der Waals surface area contributed by atoms with Gasteiger partial charge in [-0.05, 0) is 24.6 Å². The molecule has 1 amide bonds. The van der Waals surface area contributed by atoms with Gasteiger partial charge in [-0.1, -0.05) is 23.2 Å². The molecule has 0 N–H and O–H groups in total. The van der Waals surface area contributed by atoms with Gasteiger partial charge in [0, 0.05) is 11.4 Å². The number of amides is 1. The van der Waals surface area contributed by atoms with E-state index in [1.54, 1.807) is 18.2 Å². The molecule has 1 aromatic rings. The Balaban J connectivity index is 2.38. The molecule has 2 rings (SSSR count). The molecule has 1 atom stereocenters. The molecule has 0 bridgehead atoms. The second-order valence-corrected chi connectivity index (χ2v) is 4.55. The topological polar surface area (TPSA) is 20.3 Å². The van der Waals surface area contributed by atoms with E-state index >= 15 is 0 Å². The SMILES string of the molecule is O=C1CC[C@@H](CF)N1c1ccc(Cl)cc1Cl. The molecule has 0 unspecified atom stereocenters. The number of benzene rings is 1. The molecule has 1 aliphatic rings. The number of hydrogen-bond donors (Lipinski definition) is 0. The number of halogens is 3. The standard InChI is InChI=1S/C11H10Cl2FNO/c12-7-1-3-10(9(13)5-7)15-8(6-14)2-4-11(15)16/h1,3,5,8H,2,4,6H2/t8-/m0/s1. The molecule has 0 spiro atoms. The van der Waals surface area contributed by atoms with Crippen molar-refractivity contribution >= 4 is 34.8 Å². The van der Waals surface area contributed by atoms with Crippen LogP contribution in [0, 0.1) is 0 Å². The second kappa shape index (κ2) is 4.60. The normalized spacial score (nSPS) is 20.6. The average molecular weight is 262 g/mol. The van der Waals surface area contributed by atoms with Crippen LogP contribution >= 0.6 is 23.2 Å². The summed E-state index contributed by atoms with van der Waals surface area (Å²) in [5.74, 6) is -0.0909. The van der Waals surface area contributed by atoms with Crippen molar-refractivity contribution in [2.24, 2.45) is 0 Å². The quantitative estimate of drug-likeness (QED) is 0.799. The monoisotopic (exact) mass is 261 g/mol. The van der Waals surface area contributed by atoms with Crippen LogP contribution < -0.4 is 4.90 Å². The smallest absolute Gasteiger partial charge is 0.227 e. The molecule has 5 heteroatoms. The lowest BCUT2D eigenvalue weighted by molar-refractivity contribution is -0.117. The van der Waals surface area contributed by atoms with E-state index < -0.39 is 12.7 Å². The van der Waals surface area contributed by atoms with Gasteiger partial charge in [0.1, 0.15) is 6.67 Å². The summed E-state index contributed by atoms with van der Waals surface area (Å²) in [6.45, 7) is -0.551. The van der Waals surface area contributed by atoms with Crippen LogP contribution in [0.3, 0.4) is 0 Å². The molecular weight excluding hydrogens is 252 g/mol. The summed E-state index contributed by atoms with van der Waals surface area (Å²) in [6, 6.07) is 4.45. The predicted molar refractivity (Wildman–Crippen MR) is 62.9 cm³/mol. The van der Waals surface area contributed by atoms with Crippen LogP contribution in [-0.4, -0.2) is 18.6 Å². The van der Waals surface area contributed by atoms with Crippen LogP contribution in [-0.2, 0) is 4.79 Å². The molecule has 0 radical (unpaired) electrons. The molecule has 1 heterocycles. The van der Waals surface area contributed by atoms with Crippen molar-refractivity contribution in [3.63, 3.8) is 0 Å². The Hall–Kier alpha value is -0.800. The maximum absolute atomic E-state index is 12.8. The van der Waals surface area contributed by atoms with E-state index in [1.165, 1.54) is 4.90 Å². The number of anilines is 1. The van der Waals surface area contributed by atoms with Crippen LogP contribution in [0.5, 0.6) is 0 Å². The molecule has 1 aromatic carbocycles. The van der Waals surface area contributed by atoms with Crippen LogP contribution in [0.2, 0.25) is 10.0 Å². The van der Waals surface area contributed by atoms with E-state index in [2.05, 4.69) is 0 Å². The van der Waals surface area contributed by atoms with E-state index in [0.717, 1.165) is 0 Å². The number of alkyl halides is 1. The fourth-order valence-electron chi connectivity index (χ4n) is 1.90. The van der Waals surface area contributed by atoms with Gasteiger partial charge in [0.2, 0.25) is 5.91 Å².